The Morgan fingerprint density at radius 1 is 1.35 bits per heavy atom. The zero-order chi connectivity index (χ0) is 12.4. The molecule has 0 fully saturated rings. The van der Waals surface area contributed by atoms with Crippen LogP contribution in [0, 0.1) is 0 Å². The second kappa shape index (κ2) is 4.96. The summed E-state index contributed by atoms with van der Waals surface area (Å²) in [4.78, 5) is 0. The zero-order valence-electron chi connectivity index (χ0n) is 10.7. The Hall–Kier alpha value is -1.22. The highest BCUT2D eigenvalue weighted by molar-refractivity contribution is 5.53. The monoisotopic (exact) mass is 236 g/mol. The van der Waals surface area contributed by atoms with Crippen molar-refractivity contribution in [3.63, 3.8) is 0 Å². The van der Waals surface area contributed by atoms with Crippen molar-refractivity contribution in [3.05, 3.63) is 23.3 Å². The summed E-state index contributed by atoms with van der Waals surface area (Å²) in [5.41, 5.74) is 2.04. The van der Waals surface area contributed by atoms with Crippen molar-refractivity contribution in [1.29, 1.82) is 0 Å². The van der Waals surface area contributed by atoms with Gasteiger partial charge in [-0.3, -0.25) is 0 Å². The lowest BCUT2D eigenvalue weighted by Crippen LogP contribution is -2.17. The summed E-state index contributed by atoms with van der Waals surface area (Å²) in [5.74, 6) is 1.45. The van der Waals surface area contributed by atoms with Gasteiger partial charge in [0.2, 0.25) is 0 Å². The number of aryl methyl sites for hydroxylation is 1. The molecule has 0 aromatic heterocycles. The molecule has 0 aliphatic carbocycles. The van der Waals surface area contributed by atoms with Crippen LogP contribution in [0.2, 0.25) is 0 Å². The van der Waals surface area contributed by atoms with Crippen LogP contribution in [0.4, 0.5) is 0 Å². The molecule has 94 valence electrons. The molecule has 17 heavy (non-hydrogen) atoms. The predicted molar refractivity (Wildman–Crippen MR) is 66.7 cm³/mol. The Morgan fingerprint density at radius 3 is 2.71 bits per heavy atom. The van der Waals surface area contributed by atoms with Crippen molar-refractivity contribution in [2.24, 2.45) is 0 Å². The molecule has 0 bridgehead atoms. The number of methoxy groups -OCH3 is 1. The van der Waals surface area contributed by atoms with Crippen LogP contribution in [0.3, 0.4) is 0 Å². The van der Waals surface area contributed by atoms with E-state index in [1.54, 1.807) is 7.11 Å². The normalized spacial score (nSPS) is 22.1. The first kappa shape index (κ1) is 12.2. The molecule has 1 aromatic rings. The fraction of sp³-hybridized carbons (Fsp3) is 0.571. The lowest BCUT2D eigenvalue weighted by atomic mass is 10.0. The molecule has 0 radical (unpaired) electrons. The summed E-state index contributed by atoms with van der Waals surface area (Å²) in [5, 5.41) is 10.2. The first-order valence-corrected chi connectivity index (χ1v) is 6.26. The quantitative estimate of drug-likeness (QED) is 0.873. The minimum atomic E-state index is -0.523. The van der Waals surface area contributed by atoms with Gasteiger partial charge in [-0.1, -0.05) is 20.3 Å². The molecule has 1 aromatic carbocycles. The number of aliphatic hydroxyl groups excluding tert-OH is 1. The van der Waals surface area contributed by atoms with Gasteiger partial charge in [0.25, 0.3) is 0 Å². The number of fused-ring (bicyclic) bond motifs is 1. The molecular formula is C14H20O3. The highest BCUT2D eigenvalue weighted by Gasteiger charge is 2.34. The summed E-state index contributed by atoms with van der Waals surface area (Å²) in [6.07, 6.45) is 2.13. The SMILES string of the molecule is CCCC1Oc2c(OC)cc(CC)cc2C1O. The lowest BCUT2D eigenvalue weighted by molar-refractivity contribution is 0.0607. The van der Waals surface area contributed by atoms with E-state index in [9.17, 15) is 5.11 Å². The van der Waals surface area contributed by atoms with E-state index in [-0.39, 0.29) is 6.10 Å². The minimum absolute atomic E-state index is 0.129. The van der Waals surface area contributed by atoms with Gasteiger partial charge in [0, 0.05) is 5.56 Å². The molecule has 3 heteroatoms. The Morgan fingerprint density at radius 2 is 2.12 bits per heavy atom. The fourth-order valence-electron chi connectivity index (χ4n) is 2.30. The Labute approximate surface area is 102 Å². The van der Waals surface area contributed by atoms with Gasteiger partial charge in [-0.25, -0.2) is 0 Å². The number of hydrogen-bond acceptors (Lipinski definition) is 3. The van der Waals surface area contributed by atoms with Gasteiger partial charge in [0.1, 0.15) is 12.2 Å². The molecule has 3 nitrogen and oxygen atoms in total. The molecule has 2 rings (SSSR count). The van der Waals surface area contributed by atoms with Crippen LogP contribution in [-0.2, 0) is 6.42 Å². The standard InChI is InChI=1S/C14H20O3/c1-4-6-11-13(15)10-7-9(5-2)8-12(16-3)14(10)17-11/h7-8,11,13,15H,4-6H2,1-3H3. The molecule has 2 atom stereocenters. The second-order valence-corrected chi connectivity index (χ2v) is 4.46. The third kappa shape index (κ3) is 2.12. The predicted octanol–water partition coefficient (Wildman–Crippen LogP) is 2.85. The largest absolute Gasteiger partial charge is 0.493 e. The van der Waals surface area contributed by atoms with E-state index in [1.807, 2.05) is 12.1 Å². The van der Waals surface area contributed by atoms with E-state index < -0.39 is 6.10 Å². The third-order valence-electron chi connectivity index (χ3n) is 3.28. The van der Waals surface area contributed by atoms with Gasteiger partial charge in [-0.15, -0.1) is 0 Å². The fourth-order valence-corrected chi connectivity index (χ4v) is 2.30. The van der Waals surface area contributed by atoms with E-state index in [2.05, 4.69) is 13.8 Å². The molecule has 0 spiro atoms. The van der Waals surface area contributed by atoms with Crippen molar-refractivity contribution in [3.8, 4) is 11.5 Å². The molecule has 1 N–H and O–H groups in total. The summed E-state index contributed by atoms with van der Waals surface area (Å²) in [6, 6.07) is 4.01. The smallest absolute Gasteiger partial charge is 0.167 e. The zero-order valence-corrected chi connectivity index (χ0v) is 10.7. The third-order valence-corrected chi connectivity index (χ3v) is 3.28. The topological polar surface area (TPSA) is 38.7 Å². The van der Waals surface area contributed by atoms with E-state index >= 15 is 0 Å². The Bertz CT molecular complexity index is 401. The van der Waals surface area contributed by atoms with Crippen molar-refractivity contribution in [2.45, 2.75) is 45.3 Å². The maximum Gasteiger partial charge on any atom is 0.167 e. The van der Waals surface area contributed by atoms with Gasteiger partial charge in [0.15, 0.2) is 11.5 Å². The Balaban J connectivity index is 2.38. The van der Waals surface area contributed by atoms with E-state index in [1.165, 1.54) is 5.56 Å². The van der Waals surface area contributed by atoms with E-state index in [4.69, 9.17) is 9.47 Å². The maximum atomic E-state index is 10.2. The van der Waals surface area contributed by atoms with Crippen molar-refractivity contribution < 1.29 is 14.6 Å². The van der Waals surface area contributed by atoms with Gasteiger partial charge in [-0.05, 0) is 30.5 Å². The molecule has 1 aliphatic rings. The highest BCUT2D eigenvalue weighted by Crippen LogP contribution is 2.45. The van der Waals surface area contributed by atoms with Crippen LogP contribution in [0.1, 0.15) is 43.9 Å². The Kier molecular flexibility index (Phi) is 3.57. The highest BCUT2D eigenvalue weighted by atomic mass is 16.5. The number of ether oxygens (including phenoxy) is 2. The number of hydrogen-bond donors (Lipinski definition) is 1. The molecular weight excluding hydrogens is 216 g/mol. The van der Waals surface area contributed by atoms with E-state index in [0.717, 1.165) is 36.3 Å². The molecule has 1 aliphatic heterocycles. The summed E-state index contributed by atoms with van der Waals surface area (Å²) in [7, 11) is 1.64. The van der Waals surface area contributed by atoms with Crippen LogP contribution in [0.25, 0.3) is 0 Å². The molecule has 1 heterocycles. The van der Waals surface area contributed by atoms with Crippen molar-refractivity contribution in [2.75, 3.05) is 7.11 Å². The van der Waals surface area contributed by atoms with Gasteiger partial charge in [-0.2, -0.15) is 0 Å². The van der Waals surface area contributed by atoms with Crippen LogP contribution in [0.15, 0.2) is 12.1 Å². The molecule has 0 saturated carbocycles. The number of benzene rings is 1. The van der Waals surface area contributed by atoms with Gasteiger partial charge >= 0.3 is 0 Å². The summed E-state index contributed by atoms with van der Waals surface area (Å²) < 4.78 is 11.1. The van der Waals surface area contributed by atoms with Crippen LogP contribution < -0.4 is 9.47 Å². The number of aliphatic hydroxyl groups is 1. The van der Waals surface area contributed by atoms with Gasteiger partial charge < -0.3 is 14.6 Å². The average Bonchev–Trinajstić information content (AvgIpc) is 2.66. The van der Waals surface area contributed by atoms with Crippen LogP contribution in [-0.4, -0.2) is 18.3 Å². The van der Waals surface area contributed by atoms with Crippen LogP contribution in [0.5, 0.6) is 11.5 Å². The second-order valence-electron chi connectivity index (χ2n) is 4.46. The average molecular weight is 236 g/mol. The number of rotatable bonds is 4. The molecule has 0 saturated heterocycles. The minimum Gasteiger partial charge on any atom is -0.493 e. The maximum absolute atomic E-state index is 10.2. The first-order chi connectivity index (χ1) is 8.21. The summed E-state index contributed by atoms with van der Waals surface area (Å²) >= 11 is 0. The lowest BCUT2D eigenvalue weighted by Gasteiger charge is -2.12. The van der Waals surface area contributed by atoms with Crippen molar-refractivity contribution in [1.82, 2.24) is 0 Å². The van der Waals surface area contributed by atoms with Crippen LogP contribution >= 0.6 is 0 Å². The molecule has 0 amide bonds. The van der Waals surface area contributed by atoms with E-state index in [0.29, 0.717) is 0 Å². The summed E-state index contributed by atoms with van der Waals surface area (Å²) in [6.45, 7) is 4.18. The van der Waals surface area contributed by atoms with Gasteiger partial charge in [0.05, 0.1) is 7.11 Å². The van der Waals surface area contributed by atoms with Crippen molar-refractivity contribution >= 4 is 0 Å². The first-order valence-electron chi connectivity index (χ1n) is 6.26. The molecule has 2 unspecified atom stereocenters.